The lowest BCUT2D eigenvalue weighted by atomic mass is 10.3. The van der Waals surface area contributed by atoms with E-state index in [1.54, 1.807) is 4.57 Å². The van der Waals surface area contributed by atoms with Crippen molar-refractivity contribution >= 4 is 37.5 Å². The zero-order valence-electron chi connectivity index (χ0n) is 7.89. The van der Waals surface area contributed by atoms with E-state index in [1.807, 2.05) is 24.3 Å². The van der Waals surface area contributed by atoms with Gasteiger partial charge in [0.1, 0.15) is 0 Å². The molecule has 0 amide bonds. The van der Waals surface area contributed by atoms with E-state index in [1.165, 1.54) is 11.3 Å². The Balaban J connectivity index is 2.50. The lowest BCUT2D eigenvalue weighted by Crippen LogP contribution is -2.23. The largest absolute Gasteiger partial charge is 0.390 e. The lowest BCUT2D eigenvalue weighted by Gasteiger charge is -2.07. The molecule has 80 valence electrons. The van der Waals surface area contributed by atoms with Crippen LogP contribution in [0.2, 0.25) is 0 Å². The molecule has 1 aromatic heterocycles. The highest BCUT2D eigenvalue weighted by Gasteiger charge is 2.10. The number of alkyl halides is 1. The Labute approximate surface area is 99.1 Å². The molecular formula is C10H10BrNO2S. The molecule has 0 aliphatic rings. The first-order valence-electron chi connectivity index (χ1n) is 4.55. The van der Waals surface area contributed by atoms with E-state index in [9.17, 15) is 9.90 Å². The van der Waals surface area contributed by atoms with Crippen LogP contribution in [-0.2, 0) is 6.54 Å². The summed E-state index contributed by atoms with van der Waals surface area (Å²) in [5.41, 5.74) is 0.896. The molecule has 0 aliphatic carbocycles. The fourth-order valence-electron chi connectivity index (χ4n) is 1.45. The van der Waals surface area contributed by atoms with Gasteiger partial charge in [-0.05, 0) is 12.1 Å². The first-order valence-corrected chi connectivity index (χ1v) is 6.48. The van der Waals surface area contributed by atoms with Gasteiger partial charge in [-0.1, -0.05) is 39.4 Å². The average molecular weight is 288 g/mol. The molecule has 0 radical (unpaired) electrons. The molecule has 2 aromatic rings. The molecule has 1 unspecified atom stereocenters. The smallest absolute Gasteiger partial charge is 0.308 e. The third kappa shape index (κ3) is 2.14. The second-order valence-electron chi connectivity index (χ2n) is 3.25. The van der Waals surface area contributed by atoms with Gasteiger partial charge >= 0.3 is 4.87 Å². The summed E-state index contributed by atoms with van der Waals surface area (Å²) in [6, 6.07) is 7.61. The first kappa shape index (κ1) is 10.9. The second-order valence-corrected chi connectivity index (χ2v) is 4.90. The van der Waals surface area contributed by atoms with E-state index in [4.69, 9.17) is 0 Å². The second kappa shape index (κ2) is 4.47. The van der Waals surface area contributed by atoms with Crippen molar-refractivity contribution in [3.05, 3.63) is 33.9 Å². The van der Waals surface area contributed by atoms with Gasteiger partial charge in [0.15, 0.2) is 0 Å². The van der Waals surface area contributed by atoms with Crippen LogP contribution in [0.15, 0.2) is 29.1 Å². The van der Waals surface area contributed by atoms with Crippen LogP contribution in [0.25, 0.3) is 10.2 Å². The molecule has 1 aromatic carbocycles. The van der Waals surface area contributed by atoms with Crippen molar-refractivity contribution in [2.24, 2.45) is 0 Å². The summed E-state index contributed by atoms with van der Waals surface area (Å²) >= 11 is 4.40. The summed E-state index contributed by atoms with van der Waals surface area (Å²) in [5.74, 6) is 0. The van der Waals surface area contributed by atoms with E-state index in [-0.39, 0.29) is 4.87 Å². The molecule has 0 saturated carbocycles. The molecule has 0 bridgehead atoms. The van der Waals surface area contributed by atoms with Gasteiger partial charge < -0.3 is 5.11 Å². The van der Waals surface area contributed by atoms with E-state index >= 15 is 0 Å². The molecule has 2 rings (SSSR count). The highest BCUT2D eigenvalue weighted by atomic mass is 79.9. The van der Waals surface area contributed by atoms with E-state index in [2.05, 4.69) is 15.9 Å². The van der Waals surface area contributed by atoms with Gasteiger partial charge in [0.25, 0.3) is 0 Å². The Kier molecular flexibility index (Phi) is 3.23. The molecule has 1 heterocycles. The van der Waals surface area contributed by atoms with Crippen LogP contribution in [0.1, 0.15) is 0 Å². The number of hydrogen-bond donors (Lipinski definition) is 1. The number of rotatable bonds is 3. The number of para-hydroxylation sites is 1. The van der Waals surface area contributed by atoms with E-state index in [0.717, 1.165) is 10.2 Å². The summed E-state index contributed by atoms with van der Waals surface area (Å²) in [6.45, 7) is 0.341. The summed E-state index contributed by atoms with van der Waals surface area (Å²) in [7, 11) is 0. The van der Waals surface area contributed by atoms with Gasteiger partial charge in [-0.2, -0.15) is 0 Å². The number of aromatic nitrogens is 1. The topological polar surface area (TPSA) is 42.2 Å². The molecule has 1 N–H and O–H groups in total. The van der Waals surface area contributed by atoms with Crippen LogP contribution in [0.3, 0.4) is 0 Å². The summed E-state index contributed by atoms with van der Waals surface area (Å²) in [6.07, 6.45) is -0.527. The Morgan fingerprint density at radius 3 is 2.93 bits per heavy atom. The van der Waals surface area contributed by atoms with Gasteiger partial charge in [-0.25, -0.2) is 0 Å². The van der Waals surface area contributed by atoms with Crippen LogP contribution in [-0.4, -0.2) is 21.1 Å². The number of fused-ring (bicyclic) bond motifs is 1. The fraction of sp³-hybridized carbons (Fsp3) is 0.300. The summed E-state index contributed by atoms with van der Waals surface area (Å²) < 4.78 is 2.58. The maximum absolute atomic E-state index is 11.6. The van der Waals surface area contributed by atoms with Crippen LogP contribution in [0.4, 0.5) is 0 Å². The van der Waals surface area contributed by atoms with Crippen LogP contribution >= 0.6 is 27.3 Å². The van der Waals surface area contributed by atoms with Gasteiger partial charge in [0.2, 0.25) is 0 Å². The van der Waals surface area contributed by atoms with Crippen molar-refractivity contribution in [3.8, 4) is 0 Å². The summed E-state index contributed by atoms with van der Waals surface area (Å²) in [4.78, 5) is 11.6. The number of benzene rings is 1. The predicted octanol–water partition coefficient (Wildman–Crippen LogP) is 1.82. The Hall–Kier alpha value is -0.650. The number of aliphatic hydroxyl groups is 1. The fourth-order valence-corrected chi connectivity index (χ4v) is 2.55. The minimum absolute atomic E-state index is 0.0174. The maximum atomic E-state index is 11.6. The molecule has 15 heavy (non-hydrogen) atoms. The molecule has 1 atom stereocenters. The van der Waals surface area contributed by atoms with Gasteiger partial charge in [-0.15, -0.1) is 0 Å². The Morgan fingerprint density at radius 2 is 2.20 bits per heavy atom. The van der Waals surface area contributed by atoms with Crippen molar-refractivity contribution in [1.82, 2.24) is 4.57 Å². The quantitative estimate of drug-likeness (QED) is 0.875. The maximum Gasteiger partial charge on any atom is 0.308 e. The molecule has 0 saturated heterocycles. The standard InChI is InChI=1S/C10H10BrNO2S/c11-5-7(13)6-12-8-3-1-2-4-9(8)15-10(12)14/h1-4,7,13H,5-6H2. The Bertz CT molecular complexity index is 519. The zero-order valence-corrected chi connectivity index (χ0v) is 10.3. The molecule has 0 aliphatic heterocycles. The molecular weight excluding hydrogens is 278 g/mol. The average Bonchev–Trinajstić information content (AvgIpc) is 2.55. The highest BCUT2D eigenvalue weighted by Crippen LogP contribution is 2.16. The molecule has 0 fully saturated rings. The molecule has 5 heteroatoms. The van der Waals surface area contributed by atoms with Gasteiger partial charge in [0, 0.05) is 5.33 Å². The Morgan fingerprint density at radius 1 is 1.47 bits per heavy atom. The number of halogens is 1. The third-order valence-corrected chi connectivity index (χ3v) is 3.85. The first-order chi connectivity index (χ1) is 7.22. The van der Waals surface area contributed by atoms with Crippen LogP contribution in [0.5, 0.6) is 0 Å². The van der Waals surface area contributed by atoms with Crippen molar-refractivity contribution in [2.45, 2.75) is 12.6 Å². The minimum atomic E-state index is -0.527. The SMILES string of the molecule is O=c1sc2ccccc2n1CC(O)CBr. The molecule has 0 spiro atoms. The van der Waals surface area contributed by atoms with Gasteiger partial charge in [0.05, 0.1) is 22.9 Å². The number of thiazole rings is 1. The molecule has 3 nitrogen and oxygen atoms in total. The number of hydrogen-bond acceptors (Lipinski definition) is 3. The monoisotopic (exact) mass is 287 g/mol. The van der Waals surface area contributed by atoms with Crippen molar-refractivity contribution in [1.29, 1.82) is 0 Å². The van der Waals surface area contributed by atoms with E-state index in [0.29, 0.717) is 11.9 Å². The normalized spacial score (nSPS) is 13.2. The van der Waals surface area contributed by atoms with Crippen molar-refractivity contribution in [2.75, 3.05) is 5.33 Å². The minimum Gasteiger partial charge on any atom is -0.390 e. The van der Waals surface area contributed by atoms with E-state index < -0.39 is 6.10 Å². The lowest BCUT2D eigenvalue weighted by molar-refractivity contribution is 0.180. The van der Waals surface area contributed by atoms with Crippen molar-refractivity contribution in [3.63, 3.8) is 0 Å². The predicted molar refractivity (Wildman–Crippen MR) is 65.9 cm³/mol. The number of nitrogens with zero attached hydrogens (tertiary/aromatic N) is 1. The zero-order chi connectivity index (χ0) is 10.8. The van der Waals surface area contributed by atoms with Crippen molar-refractivity contribution < 1.29 is 5.11 Å². The van der Waals surface area contributed by atoms with Crippen LogP contribution < -0.4 is 4.87 Å². The van der Waals surface area contributed by atoms with Gasteiger partial charge in [-0.3, -0.25) is 9.36 Å². The number of aliphatic hydroxyl groups excluding tert-OH is 1. The summed E-state index contributed by atoms with van der Waals surface area (Å²) in [5, 5.41) is 9.99. The van der Waals surface area contributed by atoms with Crippen LogP contribution in [0, 0.1) is 0 Å². The highest BCUT2D eigenvalue weighted by molar-refractivity contribution is 9.09. The third-order valence-electron chi connectivity index (χ3n) is 2.15.